The van der Waals surface area contributed by atoms with Gasteiger partial charge >= 0.3 is 0 Å². The quantitative estimate of drug-likeness (QED) is 0.158. The van der Waals surface area contributed by atoms with Gasteiger partial charge in [-0.1, -0.05) is 170 Å². The summed E-state index contributed by atoms with van der Waals surface area (Å²) in [5.74, 6) is 1.52. The van der Waals surface area contributed by atoms with Gasteiger partial charge in [0.2, 0.25) is 5.95 Å². The second-order valence-electron chi connectivity index (χ2n) is 21.4. The average molecular weight is 1060 g/mol. The lowest BCUT2D eigenvalue weighted by Crippen LogP contribution is -2.06. The van der Waals surface area contributed by atoms with Gasteiger partial charge in [0.15, 0.2) is 11.6 Å². The number of hydrogen-bond donors (Lipinski definition) is 0. The number of aromatic nitrogens is 5. The summed E-state index contributed by atoms with van der Waals surface area (Å²) in [6.07, 6.45) is 0. The Morgan fingerprint density at radius 2 is 0.771 bits per heavy atom. The summed E-state index contributed by atoms with van der Waals surface area (Å²) < 4.78 is 24.7. The van der Waals surface area contributed by atoms with E-state index in [1.807, 2.05) is 36.4 Å². The molecule has 18 aromatic rings. The average Bonchev–Trinajstić information content (AvgIpc) is 2.62. The van der Waals surface area contributed by atoms with Crippen LogP contribution in [0.15, 0.2) is 274 Å². The van der Waals surface area contributed by atoms with Gasteiger partial charge in [0.25, 0.3) is 0 Å². The Bertz CT molecular complexity index is 5710. The first-order chi connectivity index (χ1) is 41.1. The van der Waals surface area contributed by atoms with Crippen molar-refractivity contribution in [1.82, 2.24) is 24.1 Å². The van der Waals surface area contributed by atoms with E-state index >= 15 is 0 Å². The molecular weight excluding hydrogens is 1020 g/mol. The molecule has 83 heavy (non-hydrogen) atoms. The molecule has 0 aliphatic heterocycles. The third kappa shape index (κ3) is 6.90. The summed E-state index contributed by atoms with van der Waals surface area (Å²) in [6, 6.07) is 91.5. The van der Waals surface area contributed by atoms with E-state index in [1.165, 1.54) is 16.3 Å². The molecular formula is C75H43N5O3. The van der Waals surface area contributed by atoms with Crippen molar-refractivity contribution >= 4 is 109 Å². The fourth-order valence-corrected chi connectivity index (χ4v) is 13.1. The Morgan fingerprint density at radius 1 is 0.253 bits per heavy atom. The van der Waals surface area contributed by atoms with Crippen LogP contribution in [-0.2, 0) is 0 Å². The molecule has 0 spiro atoms. The second kappa shape index (κ2) is 17.6. The molecule has 6 heterocycles. The molecule has 0 unspecified atom stereocenters. The highest BCUT2D eigenvalue weighted by atomic mass is 16.3. The Balaban J connectivity index is 0.812. The number of nitrogens with zero attached hydrogens (tertiary/aromatic N) is 5. The van der Waals surface area contributed by atoms with E-state index in [-0.39, 0.29) is 0 Å². The predicted octanol–water partition coefficient (Wildman–Crippen LogP) is 20.1. The summed E-state index contributed by atoms with van der Waals surface area (Å²) in [4.78, 5) is 16.2. The molecule has 0 amide bonds. The first-order valence-corrected chi connectivity index (χ1v) is 27.9. The SMILES string of the molecule is c1ccc(-c2ccc3c(c2)c2ccccc2n3-c2nc(-c3ccc4c(c3)oc3ccccc34)nc(-c3cccc4oc5ccc(-c6cccc7oc8c(-c9ccc%10c(c9)c9ccccc9n%10-c9ccccc9)cccc8c67)cc5c34)n2)cc1. The van der Waals surface area contributed by atoms with Crippen LogP contribution < -0.4 is 0 Å². The molecule has 6 aromatic heterocycles. The number of furan rings is 3. The lowest BCUT2D eigenvalue weighted by molar-refractivity contribution is 0.668. The van der Waals surface area contributed by atoms with Gasteiger partial charge in [0.1, 0.15) is 33.5 Å². The Labute approximate surface area is 473 Å². The highest BCUT2D eigenvalue weighted by Gasteiger charge is 2.24. The minimum absolute atomic E-state index is 0.496. The number of rotatable bonds is 7. The van der Waals surface area contributed by atoms with Crippen molar-refractivity contribution < 1.29 is 13.3 Å². The summed E-state index contributed by atoms with van der Waals surface area (Å²) in [7, 11) is 0. The first kappa shape index (κ1) is 45.5. The van der Waals surface area contributed by atoms with Gasteiger partial charge in [0, 0.05) is 76.2 Å². The minimum Gasteiger partial charge on any atom is -0.456 e. The highest BCUT2D eigenvalue weighted by Crippen LogP contribution is 2.45. The van der Waals surface area contributed by atoms with Crippen LogP contribution in [-0.4, -0.2) is 24.1 Å². The van der Waals surface area contributed by atoms with E-state index in [2.05, 4.69) is 234 Å². The van der Waals surface area contributed by atoms with E-state index in [9.17, 15) is 0 Å². The Morgan fingerprint density at radius 3 is 1.59 bits per heavy atom. The van der Waals surface area contributed by atoms with Crippen molar-refractivity contribution in [1.29, 1.82) is 0 Å². The van der Waals surface area contributed by atoms with E-state index in [4.69, 9.17) is 28.2 Å². The topological polar surface area (TPSA) is 88.0 Å². The maximum atomic E-state index is 6.95. The molecule has 0 bridgehead atoms. The van der Waals surface area contributed by atoms with Crippen molar-refractivity contribution in [2.45, 2.75) is 0 Å². The number of benzene rings is 12. The lowest BCUT2D eigenvalue weighted by atomic mass is 9.95. The molecule has 0 saturated carbocycles. The van der Waals surface area contributed by atoms with Gasteiger partial charge in [-0.2, -0.15) is 9.97 Å². The highest BCUT2D eigenvalue weighted by molar-refractivity contribution is 6.19. The third-order valence-electron chi connectivity index (χ3n) is 16.8. The maximum absolute atomic E-state index is 6.95. The van der Waals surface area contributed by atoms with Gasteiger partial charge in [-0.15, -0.1) is 0 Å². The molecule has 0 radical (unpaired) electrons. The Hall–Kier alpha value is -11.4. The van der Waals surface area contributed by atoms with Gasteiger partial charge in [-0.05, 0) is 119 Å². The molecule has 0 N–H and O–H groups in total. The number of para-hydroxylation sites is 5. The standard InChI is InChI=1S/C75H43N5O3/c1-3-16-44(17-4-1)45-33-37-64-58(40-45)53-21-8-11-28-62(53)80(64)75-77-73(48-32-36-55-54-22-9-12-29-65(54)82-69(55)43-48)76-74(78-75)57-26-15-30-67-71(57)60-42-46(35-39-66(60)81-67)50-23-14-31-68-70(50)56-25-13-24-51(72(56)83-68)47-34-38-63-59(41-47)52-20-7-10-27-61(52)79(63)49-18-5-2-6-19-49/h1-43H. The third-order valence-corrected chi connectivity index (χ3v) is 16.8. The van der Waals surface area contributed by atoms with Crippen LogP contribution in [0, 0.1) is 0 Å². The molecule has 0 atom stereocenters. The molecule has 8 nitrogen and oxygen atoms in total. The van der Waals surface area contributed by atoms with Crippen LogP contribution in [0.4, 0.5) is 0 Å². The molecule has 12 aromatic carbocycles. The zero-order valence-electron chi connectivity index (χ0n) is 44.3. The molecule has 0 saturated heterocycles. The van der Waals surface area contributed by atoms with Crippen molar-refractivity contribution in [3.8, 4) is 67.8 Å². The zero-order chi connectivity index (χ0) is 54.3. The Kier molecular flexibility index (Phi) is 9.64. The largest absolute Gasteiger partial charge is 0.456 e. The fourth-order valence-electron chi connectivity index (χ4n) is 13.1. The van der Waals surface area contributed by atoms with Gasteiger partial charge < -0.3 is 17.8 Å². The maximum Gasteiger partial charge on any atom is 0.238 e. The molecule has 0 aliphatic rings. The summed E-state index contributed by atoms with van der Waals surface area (Å²) in [5.41, 5.74) is 18.3. The van der Waals surface area contributed by atoms with Crippen molar-refractivity contribution in [3.05, 3.63) is 261 Å². The smallest absolute Gasteiger partial charge is 0.238 e. The molecule has 0 aliphatic carbocycles. The van der Waals surface area contributed by atoms with Gasteiger partial charge in [0.05, 0.1) is 22.1 Å². The van der Waals surface area contributed by atoms with E-state index in [0.717, 1.165) is 143 Å². The summed E-state index contributed by atoms with van der Waals surface area (Å²) in [6.45, 7) is 0. The van der Waals surface area contributed by atoms with E-state index < -0.39 is 0 Å². The van der Waals surface area contributed by atoms with Crippen LogP contribution in [0.2, 0.25) is 0 Å². The van der Waals surface area contributed by atoms with Gasteiger partial charge in [-0.25, -0.2) is 4.98 Å². The van der Waals surface area contributed by atoms with E-state index in [0.29, 0.717) is 17.6 Å². The van der Waals surface area contributed by atoms with Crippen molar-refractivity contribution in [2.24, 2.45) is 0 Å². The molecule has 8 heteroatoms. The molecule has 0 fully saturated rings. The van der Waals surface area contributed by atoms with E-state index in [1.54, 1.807) is 0 Å². The summed E-state index contributed by atoms with van der Waals surface area (Å²) in [5, 5.41) is 10.6. The van der Waals surface area contributed by atoms with Gasteiger partial charge in [-0.3, -0.25) is 4.57 Å². The van der Waals surface area contributed by atoms with Crippen LogP contribution in [0.5, 0.6) is 0 Å². The molecule has 18 rings (SSSR count). The predicted molar refractivity (Wildman–Crippen MR) is 338 cm³/mol. The van der Waals surface area contributed by atoms with Crippen LogP contribution in [0.3, 0.4) is 0 Å². The molecule has 386 valence electrons. The second-order valence-corrected chi connectivity index (χ2v) is 21.4. The number of fused-ring (bicyclic) bond motifs is 15. The lowest BCUT2D eigenvalue weighted by Gasteiger charge is -2.12. The summed E-state index contributed by atoms with van der Waals surface area (Å²) >= 11 is 0. The minimum atomic E-state index is 0.496. The van der Waals surface area contributed by atoms with Crippen LogP contribution in [0.1, 0.15) is 0 Å². The van der Waals surface area contributed by atoms with Crippen molar-refractivity contribution in [3.63, 3.8) is 0 Å². The van der Waals surface area contributed by atoms with Crippen molar-refractivity contribution in [2.75, 3.05) is 0 Å². The van der Waals surface area contributed by atoms with Crippen LogP contribution >= 0.6 is 0 Å². The number of hydrogen-bond acceptors (Lipinski definition) is 6. The first-order valence-electron chi connectivity index (χ1n) is 27.9. The zero-order valence-corrected chi connectivity index (χ0v) is 44.3. The fraction of sp³-hybridized carbons (Fsp3) is 0. The normalized spacial score (nSPS) is 12.1. The van der Waals surface area contributed by atoms with Crippen LogP contribution in [0.25, 0.3) is 177 Å². The monoisotopic (exact) mass is 1060 g/mol.